The van der Waals surface area contributed by atoms with Gasteiger partial charge >= 0.3 is 0 Å². The van der Waals surface area contributed by atoms with Crippen LogP contribution in [0.5, 0.6) is 0 Å². The number of aromatic nitrogens is 3. The average molecular weight is 714 g/mol. The largest absolute Gasteiger partial charge is 0.248 e. The van der Waals surface area contributed by atoms with Crippen LogP contribution in [0.3, 0.4) is 0 Å². The Bertz CT molecular complexity index is 2980. The van der Waals surface area contributed by atoms with Gasteiger partial charge in [0.1, 0.15) is 0 Å². The van der Waals surface area contributed by atoms with E-state index >= 15 is 0 Å². The molecule has 56 heavy (non-hydrogen) atoms. The van der Waals surface area contributed by atoms with Gasteiger partial charge in [0.25, 0.3) is 0 Å². The quantitative estimate of drug-likeness (QED) is 0.154. The minimum Gasteiger partial charge on any atom is -0.248 e. The molecule has 3 nitrogen and oxygen atoms in total. The van der Waals surface area contributed by atoms with Crippen molar-refractivity contribution in [2.45, 2.75) is 0 Å². The van der Waals surface area contributed by atoms with Gasteiger partial charge in [-0.05, 0) is 68.4 Å². The molecular formula is C53H35N3. The first-order valence-corrected chi connectivity index (χ1v) is 18.9. The van der Waals surface area contributed by atoms with Crippen molar-refractivity contribution in [2.24, 2.45) is 0 Å². The summed E-state index contributed by atoms with van der Waals surface area (Å²) in [5.74, 6) is 0.690. The third kappa shape index (κ3) is 6.31. The first kappa shape index (κ1) is 33.1. The van der Waals surface area contributed by atoms with E-state index in [-0.39, 0.29) is 0 Å². The maximum atomic E-state index is 5.19. The number of hydrogen-bond acceptors (Lipinski definition) is 3. The SMILES string of the molecule is c1ccc(-c2cccc(-c3cc(-c4ccccc4)nc(-c4ccc(-c5cccc6c5ccc5nc(-c7ccccc7)cc(-c7ccccc7)c56)cc4)n3)c2)cc1. The van der Waals surface area contributed by atoms with Gasteiger partial charge in [0.05, 0.1) is 22.6 Å². The lowest BCUT2D eigenvalue weighted by atomic mass is 9.91. The van der Waals surface area contributed by atoms with Crippen molar-refractivity contribution in [1.82, 2.24) is 15.0 Å². The van der Waals surface area contributed by atoms with Crippen LogP contribution >= 0.6 is 0 Å². The van der Waals surface area contributed by atoms with Crippen LogP contribution in [0.1, 0.15) is 0 Å². The second-order valence-corrected chi connectivity index (χ2v) is 14.0. The molecule has 0 aliphatic rings. The number of rotatable bonds is 7. The number of pyridine rings is 1. The van der Waals surface area contributed by atoms with Gasteiger partial charge in [0.2, 0.25) is 0 Å². The standard InChI is InChI=1S/C53H35N3/c1-5-15-36(16-6-1)42-23-13-24-43(33-42)51-35-50(40-21-11-4-12-22-40)55-53(56-51)41-29-27-38(28-30-41)44-25-14-26-46-45(44)31-32-48-52(46)47(37-17-7-2-8-18-37)34-49(54-48)39-19-9-3-10-20-39/h1-35H. The average Bonchev–Trinajstić information content (AvgIpc) is 3.29. The van der Waals surface area contributed by atoms with Crippen molar-refractivity contribution >= 4 is 21.7 Å². The predicted octanol–water partition coefficient (Wildman–Crippen LogP) is 13.8. The Kier molecular flexibility index (Phi) is 8.51. The molecule has 0 amide bonds. The van der Waals surface area contributed by atoms with Crippen LogP contribution in [0, 0.1) is 0 Å². The van der Waals surface area contributed by atoms with E-state index in [0.29, 0.717) is 5.82 Å². The van der Waals surface area contributed by atoms with Crippen molar-refractivity contribution in [2.75, 3.05) is 0 Å². The number of hydrogen-bond donors (Lipinski definition) is 0. The van der Waals surface area contributed by atoms with Crippen LogP contribution in [0.2, 0.25) is 0 Å². The predicted molar refractivity (Wildman–Crippen MR) is 233 cm³/mol. The minimum atomic E-state index is 0.690. The highest BCUT2D eigenvalue weighted by Gasteiger charge is 2.16. The molecule has 0 unspecified atom stereocenters. The summed E-state index contributed by atoms with van der Waals surface area (Å²) in [6, 6.07) is 74.5. The van der Waals surface area contributed by atoms with Gasteiger partial charge in [-0.25, -0.2) is 15.0 Å². The van der Waals surface area contributed by atoms with Crippen LogP contribution in [0.15, 0.2) is 212 Å². The van der Waals surface area contributed by atoms with Gasteiger partial charge in [-0.1, -0.05) is 188 Å². The lowest BCUT2D eigenvalue weighted by molar-refractivity contribution is 1.18. The lowest BCUT2D eigenvalue weighted by Crippen LogP contribution is -1.96. The highest BCUT2D eigenvalue weighted by molar-refractivity contribution is 6.17. The van der Waals surface area contributed by atoms with Crippen molar-refractivity contribution < 1.29 is 0 Å². The molecule has 0 saturated heterocycles. The smallest absolute Gasteiger partial charge is 0.160 e. The first-order chi connectivity index (χ1) is 27.7. The van der Waals surface area contributed by atoms with Crippen LogP contribution in [-0.2, 0) is 0 Å². The topological polar surface area (TPSA) is 38.7 Å². The van der Waals surface area contributed by atoms with Crippen molar-refractivity contribution in [3.05, 3.63) is 212 Å². The monoisotopic (exact) mass is 713 g/mol. The summed E-state index contributed by atoms with van der Waals surface area (Å²) in [4.78, 5) is 15.5. The number of fused-ring (bicyclic) bond motifs is 3. The van der Waals surface area contributed by atoms with E-state index in [0.717, 1.165) is 61.4 Å². The van der Waals surface area contributed by atoms with Gasteiger partial charge in [0.15, 0.2) is 5.82 Å². The van der Waals surface area contributed by atoms with E-state index in [1.807, 2.05) is 18.2 Å². The molecule has 10 aromatic rings. The molecule has 0 N–H and O–H groups in total. The molecule has 10 rings (SSSR count). The van der Waals surface area contributed by atoms with Gasteiger partial charge in [0, 0.05) is 27.6 Å². The van der Waals surface area contributed by atoms with E-state index in [1.165, 1.54) is 33.0 Å². The Balaban J connectivity index is 1.07. The van der Waals surface area contributed by atoms with Gasteiger partial charge in [-0.3, -0.25) is 0 Å². The highest BCUT2D eigenvalue weighted by atomic mass is 14.9. The second kappa shape index (κ2) is 14.4. The maximum Gasteiger partial charge on any atom is 0.160 e. The Morgan fingerprint density at radius 2 is 0.750 bits per heavy atom. The van der Waals surface area contributed by atoms with Gasteiger partial charge < -0.3 is 0 Å². The molecule has 2 aromatic heterocycles. The highest BCUT2D eigenvalue weighted by Crippen LogP contribution is 2.40. The summed E-state index contributed by atoms with van der Waals surface area (Å²) in [7, 11) is 0. The summed E-state index contributed by atoms with van der Waals surface area (Å²) in [5.41, 5.74) is 14.8. The number of benzene rings is 8. The Morgan fingerprint density at radius 1 is 0.250 bits per heavy atom. The second-order valence-electron chi connectivity index (χ2n) is 14.0. The molecule has 0 bridgehead atoms. The maximum absolute atomic E-state index is 5.19. The molecule has 0 spiro atoms. The zero-order valence-corrected chi connectivity index (χ0v) is 30.5. The van der Waals surface area contributed by atoms with Crippen LogP contribution in [0.4, 0.5) is 0 Å². The molecule has 8 aromatic carbocycles. The van der Waals surface area contributed by atoms with Crippen molar-refractivity contribution in [1.29, 1.82) is 0 Å². The molecule has 2 heterocycles. The fourth-order valence-electron chi connectivity index (χ4n) is 7.72. The van der Waals surface area contributed by atoms with Gasteiger partial charge in [-0.15, -0.1) is 0 Å². The summed E-state index contributed by atoms with van der Waals surface area (Å²) in [5, 5.41) is 3.51. The van der Waals surface area contributed by atoms with Crippen LogP contribution in [0.25, 0.3) is 100 Å². The normalized spacial score (nSPS) is 11.2. The van der Waals surface area contributed by atoms with Crippen molar-refractivity contribution in [3.63, 3.8) is 0 Å². The molecule has 0 aliphatic heterocycles. The molecule has 0 fully saturated rings. The van der Waals surface area contributed by atoms with Crippen LogP contribution < -0.4 is 0 Å². The van der Waals surface area contributed by atoms with E-state index in [2.05, 4.69) is 194 Å². The van der Waals surface area contributed by atoms with E-state index in [9.17, 15) is 0 Å². The zero-order chi connectivity index (χ0) is 37.3. The summed E-state index contributed by atoms with van der Waals surface area (Å²) in [6.07, 6.45) is 0. The summed E-state index contributed by atoms with van der Waals surface area (Å²) >= 11 is 0. The lowest BCUT2D eigenvalue weighted by Gasteiger charge is -2.15. The molecule has 0 aliphatic carbocycles. The Hall–Kier alpha value is -7.49. The minimum absolute atomic E-state index is 0.690. The van der Waals surface area contributed by atoms with E-state index in [4.69, 9.17) is 15.0 Å². The van der Waals surface area contributed by atoms with E-state index < -0.39 is 0 Å². The molecule has 0 saturated carbocycles. The Morgan fingerprint density at radius 3 is 1.41 bits per heavy atom. The molecule has 0 radical (unpaired) electrons. The third-order valence-electron chi connectivity index (χ3n) is 10.5. The van der Waals surface area contributed by atoms with Crippen molar-refractivity contribution in [3.8, 4) is 78.5 Å². The zero-order valence-electron chi connectivity index (χ0n) is 30.5. The fraction of sp³-hybridized carbons (Fsp3) is 0. The molecular weight excluding hydrogens is 679 g/mol. The first-order valence-electron chi connectivity index (χ1n) is 18.9. The number of nitrogens with zero attached hydrogens (tertiary/aromatic N) is 3. The van der Waals surface area contributed by atoms with Crippen LogP contribution in [-0.4, -0.2) is 15.0 Å². The Labute approximate surface area is 326 Å². The molecule has 262 valence electrons. The summed E-state index contributed by atoms with van der Waals surface area (Å²) < 4.78 is 0. The van der Waals surface area contributed by atoms with E-state index in [1.54, 1.807) is 0 Å². The molecule has 0 atom stereocenters. The fourth-order valence-corrected chi connectivity index (χ4v) is 7.72. The van der Waals surface area contributed by atoms with Gasteiger partial charge in [-0.2, -0.15) is 0 Å². The third-order valence-corrected chi connectivity index (χ3v) is 10.5. The molecule has 3 heteroatoms. The summed E-state index contributed by atoms with van der Waals surface area (Å²) in [6.45, 7) is 0.